The Kier molecular flexibility index (Phi) is 3.55. The van der Waals surface area contributed by atoms with Crippen LogP contribution >= 0.6 is 0 Å². The average molecular weight is 128 g/mol. The van der Waals surface area contributed by atoms with Gasteiger partial charge in [-0.1, -0.05) is 26.0 Å². The van der Waals surface area contributed by atoms with E-state index >= 15 is 0 Å². The molecule has 0 fully saturated rings. The Morgan fingerprint density at radius 3 is 2.22 bits per heavy atom. The number of hydrogen-bond acceptors (Lipinski definition) is 1. The van der Waals surface area contributed by atoms with Gasteiger partial charge in [-0.3, -0.25) is 0 Å². The summed E-state index contributed by atoms with van der Waals surface area (Å²) in [6, 6.07) is 0. The fourth-order valence-electron chi connectivity index (χ4n) is 0.682. The van der Waals surface area contributed by atoms with Gasteiger partial charge in [-0.25, -0.2) is 0 Å². The summed E-state index contributed by atoms with van der Waals surface area (Å²) in [6.45, 7) is 9.68. The lowest BCUT2D eigenvalue weighted by Crippen LogP contribution is -2.16. The van der Waals surface area contributed by atoms with E-state index in [4.69, 9.17) is 0 Å². The van der Waals surface area contributed by atoms with Crippen molar-refractivity contribution in [1.82, 2.24) is 0 Å². The molecule has 0 aromatic carbocycles. The van der Waals surface area contributed by atoms with E-state index < -0.39 is 0 Å². The monoisotopic (exact) mass is 128 g/mol. The van der Waals surface area contributed by atoms with Gasteiger partial charge in [0.25, 0.3) is 0 Å². The number of aliphatic hydroxyl groups excluding tert-OH is 1. The lowest BCUT2D eigenvalue weighted by atomic mass is 9.96. The van der Waals surface area contributed by atoms with Crippen LogP contribution in [0, 0.1) is 5.92 Å². The Hall–Kier alpha value is -0.300. The van der Waals surface area contributed by atoms with E-state index in [2.05, 4.69) is 6.58 Å². The Morgan fingerprint density at radius 1 is 1.67 bits per heavy atom. The van der Waals surface area contributed by atoms with Crippen molar-refractivity contribution in [2.75, 3.05) is 0 Å². The molecule has 54 valence electrons. The quantitative estimate of drug-likeness (QED) is 0.576. The van der Waals surface area contributed by atoms with E-state index in [9.17, 15) is 5.11 Å². The SMILES string of the molecule is C=C(C)C(C)C(O)CC. The summed E-state index contributed by atoms with van der Waals surface area (Å²) in [5.41, 5.74) is 1.06. The summed E-state index contributed by atoms with van der Waals surface area (Å²) in [5, 5.41) is 9.24. The predicted octanol–water partition coefficient (Wildman–Crippen LogP) is 1.97. The zero-order chi connectivity index (χ0) is 7.44. The van der Waals surface area contributed by atoms with Gasteiger partial charge >= 0.3 is 0 Å². The maximum absolute atomic E-state index is 9.24. The van der Waals surface area contributed by atoms with Gasteiger partial charge in [-0.05, 0) is 13.3 Å². The normalized spacial score (nSPS) is 16.9. The largest absolute Gasteiger partial charge is 0.393 e. The summed E-state index contributed by atoms with van der Waals surface area (Å²) < 4.78 is 0. The van der Waals surface area contributed by atoms with Crippen molar-refractivity contribution in [3.63, 3.8) is 0 Å². The molecule has 1 N–H and O–H groups in total. The molecule has 0 radical (unpaired) electrons. The van der Waals surface area contributed by atoms with Crippen LogP contribution in [0.2, 0.25) is 0 Å². The highest BCUT2D eigenvalue weighted by Crippen LogP contribution is 2.13. The van der Waals surface area contributed by atoms with Crippen molar-refractivity contribution in [3.05, 3.63) is 12.2 Å². The van der Waals surface area contributed by atoms with Gasteiger partial charge in [0.1, 0.15) is 0 Å². The van der Waals surface area contributed by atoms with Crippen LogP contribution in [0.25, 0.3) is 0 Å². The van der Waals surface area contributed by atoms with Crippen LogP contribution in [0.15, 0.2) is 12.2 Å². The molecule has 1 nitrogen and oxygen atoms in total. The summed E-state index contributed by atoms with van der Waals surface area (Å²) in [7, 11) is 0. The van der Waals surface area contributed by atoms with Gasteiger partial charge in [0.05, 0.1) is 6.10 Å². The van der Waals surface area contributed by atoms with E-state index in [1.807, 2.05) is 20.8 Å². The molecule has 0 aromatic heterocycles. The van der Waals surface area contributed by atoms with Gasteiger partial charge < -0.3 is 5.11 Å². The second-order valence-electron chi connectivity index (χ2n) is 2.61. The molecule has 0 aromatic rings. The van der Waals surface area contributed by atoms with Crippen LogP contribution in [-0.2, 0) is 0 Å². The van der Waals surface area contributed by atoms with Crippen LogP contribution in [0.3, 0.4) is 0 Å². The maximum atomic E-state index is 9.24. The molecule has 0 saturated carbocycles. The standard InChI is InChI=1S/C8H16O/c1-5-8(9)7(4)6(2)3/h7-9H,2,5H2,1,3-4H3. The molecule has 0 spiro atoms. The predicted molar refractivity (Wildman–Crippen MR) is 40.3 cm³/mol. The first kappa shape index (κ1) is 8.70. The number of hydrogen-bond donors (Lipinski definition) is 1. The molecule has 0 amide bonds. The van der Waals surface area contributed by atoms with Crippen LogP contribution in [-0.4, -0.2) is 11.2 Å². The van der Waals surface area contributed by atoms with Crippen molar-refractivity contribution in [1.29, 1.82) is 0 Å². The first-order valence-corrected chi connectivity index (χ1v) is 3.43. The Balaban J connectivity index is 3.72. The molecular formula is C8H16O. The third-order valence-corrected chi connectivity index (χ3v) is 1.77. The van der Waals surface area contributed by atoms with Crippen molar-refractivity contribution in [2.45, 2.75) is 33.3 Å². The number of rotatable bonds is 3. The summed E-state index contributed by atoms with van der Waals surface area (Å²) >= 11 is 0. The Bertz CT molecular complexity index is 96.7. The minimum Gasteiger partial charge on any atom is -0.393 e. The van der Waals surface area contributed by atoms with Crippen molar-refractivity contribution >= 4 is 0 Å². The van der Waals surface area contributed by atoms with Crippen LogP contribution < -0.4 is 0 Å². The third kappa shape index (κ3) is 2.66. The molecule has 1 heteroatoms. The van der Waals surface area contributed by atoms with E-state index in [-0.39, 0.29) is 12.0 Å². The van der Waals surface area contributed by atoms with Gasteiger partial charge in [0, 0.05) is 5.92 Å². The first-order valence-electron chi connectivity index (χ1n) is 3.43. The van der Waals surface area contributed by atoms with Gasteiger partial charge in [-0.2, -0.15) is 0 Å². The van der Waals surface area contributed by atoms with E-state index in [0.29, 0.717) is 0 Å². The topological polar surface area (TPSA) is 20.2 Å². The Morgan fingerprint density at radius 2 is 2.11 bits per heavy atom. The molecule has 9 heavy (non-hydrogen) atoms. The summed E-state index contributed by atoms with van der Waals surface area (Å²) in [5.74, 6) is 0.245. The third-order valence-electron chi connectivity index (χ3n) is 1.77. The van der Waals surface area contributed by atoms with Crippen LogP contribution in [0.1, 0.15) is 27.2 Å². The molecule has 0 bridgehead atoms. The minimum absolute atomic E-state index is 0.206. The van der Waals surface area contributed by atoms with Crippen molar-refractivity contribution in [2.24, 2.45) is 5.92 Å². The second-order valence-corrected chi connectivity index (χ2v) is 2.61. The highest BCUT2D eigenvalue weighted by atomic mass is 16.3. The van der Waals surface area contributed by atoms with E-state index in [0.717, 1.165) is 12.0 Å². The molecular weight excluding hydrogens is 112 g/mol. The highest BCUT2D eigenvalue weighted by Gasteiger charge is 2.11. The second kappa shape index (κ2) is 3.67. The summed E-state index contributed by atoms with van der Waals surface area (Å²) in [6.07, 6.45) is 0.607. The molecule has 2 unspecified atom stereocenters. The lowest BCUT2D eigenvalue weighted by Gasteiger charge is -2.16. The van der Waals surface area contributed by atoms with Gasteiger partial charge in [0.15, 0.2) is 0 Å². The van der Waals surface area contributed by atoms with E-state index in [1.54, 1.807) is 0 Å². The smallest absolute Gasteiger partial charge is 0.0600 e. The number of aliphatic hydroxyl groups is 1. The van der Waals surface area contributed by atoms with Crippen molar-refractivity contribution < 1.29 is 5.11 Å². The van der Waals surface area contributed by atoms with Crippen LogP contribution in [0.4, 0.5) is 0 Å². The zero-order valence-electron chi connectivity index (χ0n) is 6.52. The molecule has 0 rings (SSSR count). The minimum atomic E-state index is -0.206. The molecule has 0 aliphatic carbocycles. The summed E-state index contributed by atoms with van der Waals surface area (Å²) in [4.78, 5) is 0. The molecule has 0 aliphatic heterocycles. The Labute approximate surface area is 57.4 Å². The zero-order valence-corrected chi connectivity index (χ0v) is 6.52. The highest BCUT2D eigenvalue weighted by molar-refractivity contribution is 4.96. The fourth-order valence-corrected chi connectivity index (χ4v) is 0.682. The van der Waals surface area contributed by atoms with Gasteiger partial charge in [-0.15, -0.1) is 0 Å². The van der Waals surface area contributed by atoms with Crippen LogP contribution in [0.5, 0.6) is 0 Å². The fraction of sp³-hybridized carbons (Fsp3) is 0.750. The molecule has 0 aliphatic rings. The first-order chi connectivity index (χ1) is 4.09. The molecule has 0 saturated heterocycles. The average Bonchev–Trinajstić information content (AvgIpc) is 1.84. The van der Waals surface area contributed by atoms with Crippen molar-refractivity contribution in [3.8, 4) is 0 Å². The van der Waals surface area contributed by atoms with E-state index in [1.165, 1.54) is 0 Å². The maximum Gasteiger partial charge on any atom is 0.0600 e. The molecule has 0 heterocycles. The molecule has 2 atom stereocenters. The lowest BCUT2D eigenvalue weighted by molar-refractivity contribution is 0.129. The van der Waals surface area contributed by atoms with Gasteiger partial charge in [0.2, 0.25) is 0 Å².